The van der Waals surface area contributed by atoms with Crippen molar-refractivity contribution in [2.75, 3.05) is 14.2 Å². The second kappa shape index (κ2) is 4.80. The summed E-state index contributed by atoms with van der Waals surface area (Å²) in [5.41, 5.74) is -0.481. The van der Waals surface area contributed by atoms with Gasteiger partial charge >= 0.3 is 21.5 Å². The molecule has 0 heterocycles. The smallest absolute Gasteiger partial charge is 0.482 e. The van der Waals surface area contributed by atoms with Crippen LogP contribution in [0.2, 0.25) is 0 Å². The standard InChI is InChI=1S/C4H8O5Si/c1-7-3(5)9-10-4(6)8-2/h10H2,1-2H3. The maximum absolute atomic E-state index is 10.3. The van der Waals surface area contributed by atoms with Gasteiger partial charge in [-0.25, -0.2) is 4.79 Å². The highest BCUT2D eigenvalue weighted by Gasteiger charge is 2.06. The van der Waals surface area contributed by atoms with Gasteiger partial charge in [-0.05, 0) is 0 Å². The Balaban J connectivity index is 3.35. The minimum Gasteiger partial charge on any atom is -0.482 e. The Morgan fingerprint density at radius 3 is 2.20 bits per heavy atom. The molecule has 10 heavy (non-hydrogen) atoms. The lowest BCUT2D eigenvalue weighted by Crippen LogP contribution is -2.17. The van der Waals surface area contributed by atoms with E-state index in [1.54, 1.807) is 0 Å². The minimum absolute atomic E-state index is 0.481. The van der Waals surface area contributed by atoms with Crippen LogP contribution < -0.4 is 0 Å². The van der Waals surface area contributed by atoms with Crippen LogP contribution in [0.5, 0.6) is 0 Å². The first-order valence-electron chi connectivity index (χ1n) is 2.48. The van der Waals surface area contributed by atoms with E-state index in [2.05, 4.69) is 13.9 Å². The third-order valence-electron chi connectivity index (χ3n) is 0.702. The van der Waals surface area contributed by atoms with Crippen molar-refractivity contribution in [2.24, 2.45) is 0 Å². The van der Waals surface area contributed by atoms with Gasteiger partial charge in [0.05, 0.1) is 14.2 Å². The Morgan fingerprint density at radius 2 is 1.80 bits per heavy atom. The summed E-state index contributed by atoms with van der Waals surface area (Å²) in [6, 6.07) is 0. The van der Waals surface area contributed by atoms with Crippen molar-refractivity contribution in [3.05, 3.63) is 0 Å². The summed E-state index contributed by atoms with van der Waals surface area (Å²) in [6.07, 6.45) is -0.836. The number of ether oxygens (including phenoxy) is 2. The molecule has 0 aromatic heterocycles. The molecule has 0 unspecified atom stereocenters. The fraction of sp³-hybridized carbons (Fsp3) is 0.500. The molecule has 0 spiro atoms. The summed E-state index contributed by atoms with van der Waals surface area (Å²) in [7, 11) is 0.848. The van der Waals surface area contributed by atoms with E-state index in [9.17, 15) is 9.59 Å². The van der Waals surface area contributed by atoms with Gasteiger partial charge in [-0.1, -0.05) is 0 Å². The highest BCUT2D eigenvalue weighted by Crippen LogP contribution is 1.81. The summed E-state index contributed by atoms with van der Waals surface area (Å²) in [5, 5.41) is 0. The second-order valence-corrected chi connectivity index (χ2v) is 2.47. The predicted molar refractivity (Wildman–Crippen MR) is 34.4 cm³/mol. The van der Waals surface area contributed by atoms with Crippen molar-refractivity contribution < 1.29 is 23.5 Å². The van der Waals surface area contributed by atoms with Crippen LogP contribution in [0.25, 0.3) is 0 Å². The number of carbonyl (C=O) groups is 2. The molecule has 0 aromatic rings. The lowest BCUT2D eigenvalue weighted by molar-refractivity contribution is 0.121. The van der Waals surface area contributed by atoms with Crippen molar-refractivity contribution >= 4 is 21.5 Å². The van der Waals surface area contributed by atoms with Crippen molar-refractivity contribution in [3.8, 4) is 0 Å². The van der Waals surface area contributed by atoms with E-state index in [4.69, 9.17) is 0 Å². The molecule has 5 nitrogen and oxygen atoms in total. The molecular weight excluding hydrogens is 156 g/mol. The monoisotopic (exact) mass is 164 g/mol. The van der Waals surface area contributed by atoms with Crippen molar-refractivity contribution in [3.63, 3.8) is 0 Å². The average Bonchev–Trinajstić information content (AvgIpc) is 1.99. The first kappa shape index (κ1) is 8.96. The number of hydrogen-bond acceptors (Lipinski definition) is 5. The van der Waals surface area contributed by atoms with E-state index >= 15 is 0 Å². The van der Waals surface area contributed by atoms with Gasteiger partial charge in [-0.3, -0.25) is 4.79 Å². The lowest BCUT2D eigenvalue weighted by atomic mass is 11.4. The molecule has 0 aromatic carbocycles. The van der Waals surface area contributed by atoms with E-state index in [-0.39, 0.29) is 0 Å². The molecule has 0 rings (SSSR count). The molecular formula is C4H8O5Si. The van der Waals surface area contributed by atoms with Crippen LogP contribution in [-0.2, 0) is 13.9 Å². The van der Waals surface area contributed by atoms with Crippen molar-refractivity contribution in [1.29, 1.82) is 0 Å². The molecule has 0 aliphatic rings. The van der Waals surface area contributed by atoms with E-state index in [0.29, 0.717) is 0 Å². The van der Waals surface area contributed by atoms with Crippen LogP contribution >= 0.6 is 0 Å². The number of carbonyl (C=O) groups excluding carboxylic acids is 2. The van der Waals surface area contributed by atoms with Gasteiger partial charge in [0.1, 0.15) is 0 Å². The Kier molecular flexibility index (Phi) is 4.30. The fourth-order valence-corrected chi connectivity index (χ4v) is 0.707. The molecule has 0 N–H and O–H groups in total. The Morgan fingerprint density at radius 1 is 1.20 bits per heavy atom. The average molecular weight is 164 g/mol. The van der Waals surface area contributed by atoms with Gasteiger partial charge in [0.15, 0.2) is 0 Å². The third-order valence-corrected chi connectivity index (χ3v) is 1.61. The second-order valence-electron chi connectivity index (χ2n) is 1.32. The maximum Gasteiger partial charge on any atom is 0.494 e. The van der Waals surface area contributed by atoms with E-state index < -0.39 is 21.5 Å². The van der Waals surface area contributed by atoms with Gasteiger partial charge in [0.2, 0.25) is 0 Å². The number of hydrogen-bond donors (Lipinski definition) is 0. The van der Waals surface area contributed by atoms with Crippen molar-refractivity contribution in [2.45, 2.75) is 0 Å². The quantitative estimate of drug-likeness (QED) is 0.411. The van der Waals surface area contributed by atoms with Gasteiger partial charge in [-0.15, -0.1) is 0 Å². The molecule has 6 heteroatoms. The fourth-order valence-electron chi connectivity index (χ4n) is 0.236. The maximum atomic E-state index is 10.3. The van der Waals surface area contributed by atoms with Gasteiger partial charge in [0.25, 0.3) is 0 Å². The molecule has 0 saturated carbocycles. The highest BCUT2D eigenvalue weighted by molar-refractivity contribution is 6.67. The number of rotatable bonds is 2. The Labute approximate surface area is 60.2 Å². The predicted octanol–water partition coefficient (Wildman–Crippen LogP) is -0.380. The van der Waals surface area contributed by atoms with Crippen molar-refractivity contribution in [1.82, 2.24) is 0 Å². The first-order chi connectivity index (χ1) is 4.70. The van der Waals surface area contributed by atoms with E-state index in [1.807, 2.05) is 0 Å². The molecule has 0 atom stereocenters. The molecule has 58 valence electrons. The lowest BCUT2D eigenvalue weighted by Gasteiger charge is -1.99. The number of methoxy groups -OCH3 is 2. The molecule has 0 amide bonds. The van der Waals surface area contributed by atoms with Crippen LogP contribution in [0.3, 0.4) is 0 Å². The zero-order chi connectivity index (χ0) is 7.98. The van der Waals surface area contributed by atoms with E-state index in [1.165, 1.54) is 14.2 Å². The van der Waals surface area contributed by atoms with Crippen LogP contribution in [0, 0.1) is 0 Å². The van der Waals surface area contributed by atoms with Crippen LogP contribution in [-0.4, -0.2) is 35.7 Å². The third kappa shape index (κ3) is 3.90. The molecule has 0 bridgehead atoms. The zero-order valence-corrected chi connectivity index (χ0v) is 7.16. The SMILES string of the molecule is COC(=O)O[SiH2]C(=O)OC. The topological polar surface area (TPSA) is 61.8 Å². The van der Waals surface area contributed by atoms with Crippen LogP contribution in [0.4, 0.5) is 9.59 Å². The van der Waals surface area contributed by atoms with Crippen LogP contribution in [0.1, 0.15) is 0 Å². The summed E-state index contributed by atoms with van der Waals surface area (Å²) in [5.74, 6) is 0. The van der Waals surface area contributed by atoms with E-state index in [0.717, 1.165) is 0 Å². The molecule has 0 aliphatic carbocycles. The summed E-state index contributed by atoms with van der Waals surface area (Å²) < 4.78 is 12.7. The summed E-state index contributed by atoms with van der Waals surface area (Å²) >= 11 is 0. The van der Waals surface area contributed by atoms with Gasteiger partial charge in [-0.2, -0.15) is 0 Å². The zero-order valence-electron chi connectivity index (χ0n) is 5.75. The molecule has 0 radical (unpaired) electrons. The Hall–Kier alpha value is -1.04. The summed E-state index contributed by atoms with van der Waals surface area (Å²) in [4.78, 5) is 20.6. The highest BCUT2D eigenvalue weighted by atomic mass is 28.2. The van der Waals surface area contributed by atoms with Gasteiger partial charge < -0.3 is 13.9 Å². The van der Waals surface area contributed by atoms with Crippen LogP contribution in [0.15, 0.2) is 0 Å². The minimum atomic E-state index is -1.56. The largest absolute Gasteiger partial charge is 0.494 e. The normalized spacial score (nSPS) is 9.40. The molecule has 0 aliphatic heterocycles. The first-order valence-corrected chi connectivity index (χ1v) is 3.76. The molecule has 0 saturated heterocycles. The molecule has 0 fully saturated rings. The summed E-state index contributed by atoms with van der Waals surface area (Å²) in [6.45, 7) is 0. The Bertz CT molecular complexity index is 118. The van der Waals surface area contributed by atoms with Gasteiger partial charge in [0, 0.05) is 0 Å².